The predicted molar refractivity (Wildman–Crippen MR) is 82.7 cm³/mol. The Morgan fingerprint density at radius 1 is 0.955 bits per heavy atom. The second kappa shape index (κ2) is 5.46. The molecule has 1 aliphatic heterocycles. The minimum absolute atomic E-state index is 0.346. The van der Waals surface area contributed by atoms with Crippen LogP contribution in [0.15, 0.2) is 57.4 Å². The normalized spacial score (nSPS) is 16.5. The highest BCUT2D eigenvalue weighted by Crippen LogP contribution is 2.36. The van der Waals surface area contributed by atoms with Gasteiger partial charge in [-0.2, -0.15) is 0 Å². The average molecular weight is 359 g/mol. The van der Waals surface area contributed by atoms with Crippen LogP contribution < -0.4 is 9.47 Å². The van der Waals surface area contributed by atoms with Crippen LogP contribution in [0.5, 0.6) is 11.5 Å². The molecule has 0 spiro atoms. The number of ether oxygens (including phenoxy) is 2. The van der Waals surface area contributed by atoms with E-state index in [2.05, 4.69) is 26.1 Å². The standard InChI is InChI=1S/C16H11BrN2O3/c17-11-7-5-10(6-8-11)15-18-19-16(22-15)14-9-20-12-3-1-2-4-13(12)21-14/h1-8,14H,9H2. The fourth-order valence-electron chi connectivity index (χ4n) is 2.22. The number of hydrogen-bond donors (Lipinski definition) is 0. The number of halogens is 1. The molecule has 5 nitrogen and oxygen atoms in total. The molecule has 1 aromatic heterocycles. The summed E-state index contributed by atoms with van der Waals surface area (Å²) in [5, 5.41) is 8.16. The van der Waals surface area contributed by atoms with Gasteiger partial charge in [0.05, 0.1) is 0 Å². The number of nitrogens with zero attached hydrogens (tertiary/aromatic N) is 2. The lowest BCUT2D eigenvalue weighted by Crippen LogP contribution is -2.21. The highest BCUT2D eigenvalue weighted by Gasteiger charge is 2.27. The van der Waals surface area contributed by atoms with E-state index in [-0.39, 0.29) is 0 Å². The van der Waals surface area contributed by atoms with Crippen molar-refractivity contribution in [3.63, 3.8) is 0 Å². The Morgan fingerprint density at radius 2 is 1.73 bits per heavy atom. The third-order valence-corrected chi connectivity index (χ3v) is 3.84. The van der Waals surface area contributed by atoms with E-state index in [1.807, 2.05) is 48.5 Å². The molecule has 0 amide bonds. The Kier molecular flexibility index (Phi) is 3.31. The number of para-hydroxylation sites is 2. The summed E-state index contributed by atoms with van der Waals surface area (Å²) >= 11 is 3.40. The summed E-state index contributed by atoms with van der Waals surface area (Å²) in [5.41, 5.74) is 0.860. The second-order valence-corrected chi connectivity index (χ2v) is 5.73. The monoisotopic (exact) mass is 358 g/mol. The molecule has 1 aliphatic rings. The van der Waals surface area contributed by atoms with Crippen LogP contribution in [-0.4, -0.2) is 16.8 Å². The lowest BCUT2D eigenvalue weighted by molar-refractivity contribution is 0.0716. The van der Waals surface area contributed by atoms with Crippen LogP contribution >= 0.6 is 15.9 Å². The minimum Gasteiger partial charge on any atom is -0.485 e. The molecule has 0 bridgehead atoms. The molecule has 0 radical (unpaired) electrons. The number of hydrogen-bond acceptors (Lipinski definition) is 5. The van der Waals surface area contributed by atoms with Gasteiger partial charge in [0.25, 0.3) is 5.89 Å². The molecular formula is C16H11BrN2O3. The van der Waals surface area contributed by atoms with Crippen molar-refractivity contribution in [3.8, 4) is 23.0 Å². The van der Waals surface area contributed by atoms with E-state index < -0.39 is 6.10 Å². The molecule has 0 saturated heterocycles. The first-order valence-corrected chi connectivity index (χ1v) is 7.57. The third kappa shape index (κ3) is 2.46. The van der Waals surface area contributed by atoms with Crippen LogP contribution in [0.2, 0.25) is 0 Å². The van der Waals surface area contributed by atoms with Gasteiger partial charge >= 0.3 is 0 Å². The molecule has 0 saturated carbocycles. The molecule has 3 aromatic rings. The Labute approximate surface area is 135 Å². The average Bonchev–Trinajstić information content (AvgIpc) is 3.05. The number of benzene rings is 2. The van der Waals surface area contributed by atoms with E-state index >= 15 is 0 Å². The molecule has 110 valence electrons. The van der Waals surface area contributed by atoms with Crippen molar-refractivity contribution >= 4 is 15.9 Å². The van der Waals surface area contributed by atoms with E-state index in [0.717, 1.165) is 15.8 Å². The zero-order valence-electron chi connectivity index (χ0n) is 11.4. The van der Waals surface area contributed by atoms with E-state index in [9.17, 15) is 0 Å². The van der Waals surface area contributed by atoms with Crippen molar-refractivity contribution in [2.45, 2.75) is 6.10 Å². The third-order valence-electron chi connectivity index (χ3n) is 3.32. The molecule has 1 atom stereocenters. The van der Waals surface area contributed by atoms with Crippen molar-refractivity contribution in [3.05, 3.63) is 58.9 Å². The van der Waals surface area contributed by atoms with Gasteiger partial charge in [0.15, 0.2) is 11.5 Å². The molecule has 0 fully saturated rings. The smallest absolute Gasteiger partial charge is 0.260 e. The zero-order valence-corrected chi connectivity index (χ0v) is 13.0. The highest BCUT2D eigenvalue weighted by molar-refractivity contribution is 9.10. The van der Waals surface area contributed by atoms with Gasteiger partial charge in [-0.05, 0) is 36.4 Å². The SMILES string of the molecule is Brc1ccc(-c2nnc(C3COc4ccccc4O3)o2)cc1. The predicted octanol–water partition coefficient (Wildman–Crippen LogP) is 4.01. The number of aromatic nitrogens is 2. The summed E-state index contributed by atoms with van der Waals surface area (Å²) in [6.45, 7) is 0.346. The Balaban J connectivity index is 1.59. The summed E-state index contributed by atoms with van der Waals surface area (Å²) in [6, 6.07) is 15.2. The minimum atomic E-state index is -0.397. The van der Waals surface area contributed by atoms with Gasteiger partial charge in [0.1, 0.15) is 6.61 Å². The van der Waals surface area contributed by atoms with Crippen molar-refractivity contribution in [2.24, 2.45) is 0 Å². The van der Waals surface area contributed by atoms with Crippen molar-refractivity contribution in [2.75, 3.05) is 6.61 Å². The second-order valence-electron chi connectivity index (χ2n) is 4.82. The molecule has 0 aliphatic carbocycles. The first-order chi connectivity index (χ1) is 10.8. The molecule has 6 heteroatoms. The summed E-state index contributed by atoms with van der Waals surface area (Å²) in [7, 11) is 0. The fraction of sp³-hybridized carbons (Fsp3) is 0.125. The molecule has 2 heterocycles. The maximum Gasteiger partial charge on any atom is 0.260 e. The lowest BCUT2D eigenvalue weighted by Gasteiger charge is -2.23. The van der Waals surface area contributed by atoms with Crippen molar-refractivity contribution < 1.29 is 13.9 Å². The van der Waals surface area contributed by atoms with Crippen LogP contribution in [0.1, 0.15) is 12.0 Å². The summed E-state index contributed by atoms with van der Waals surface area (Å²) in [6.07, 6.45) is -0.397. The topological polar surface area (TPSA) is 57.4 Å². The number of fused-ring (bicyclic) bond motifs is 1. The molecule has 1 unspecified atom stereocenters. The van der Waals surface area contributed by atoms with E-state index in [4.69, 9.17) is 13.9 Å². The Bertz CT molecular complexity index is 801. The molecule has 2 aromatic carbocycles. The summed E-state index contributed by atoms with van der Waals surface area (Å²) in [4.78, 5) is 0. The fourth-order valence-corrected chi connectivity index (χ4v) is 2.48. The maximum absolute atomic E-state index is 5.86. The van der Waals surface area contributed by atoms with Gasteiger partial charge in [-0.1, -0.05) is 28.1 Å². The molecule has 22 heavy (non-hydrogen) atoms. The molecular weight excluding hydrogens is 348 g/mol. The van der Waals surface area contributed by atoms with Crippen molar-refractivity contribution in [1.29, 1.82) is 0 Å². The van der Waals surface area contributed by atoms with Crippen LogP contribution in [-0.2, 0) is 0 Å². The van der Waals surface area contributed by atoms with Gasteiger partial charge in [0, 0.05) is 10.0 Å². The van der Waals surface area contributed by atoms with Gasteiger partial charge in [-0.3, -0.25) is 0 Å². The molecule has 4 rings (SSSR count). The summed E-state index contributed by atoms with van der Waals surface area (Å²) < 4.78 is 18.2. The van der Waals surface area contributed by atoms with Crippen molar-refractivity contribution in [1.82, 2.24) is 10.2 Å². The van der Waals surface area contributed by atoms with Gasteiger partial charge in [-0.25, -0.2) is 0 Å². The van der Waals surface area contributed by atoms with Crippen LogP contribution in [0.4, 0.5) is 0 Å². The highest BCUT2D eigenvalue weighted by atomic mass is 79.9. The number of rotatable bonds is 2. The van der Waals surface area contributed by atoms with E-state index in [1.165, 1.54) is 0 Å². The maximum atomic E-state index is 5.86. The first kappa shape index (κ1) is 13.3. The Hall–Kier alpha value is -2.34. The summed E-state index contributed by atoms with van der Waals surface area (Å²) in [5.74, 6) is 2.28. The lowest BCUT2D eigenvalue weighted by atomic mass is 10.2. The first-order valence-electron chi connectivity index (χ1n) is 6.77. The van der Waals surface area contributed by atoms with E-state index in [0.29, 0.717) is 24.1 Å². The Morgan fingerprint density at radius 3 is 2.55 bits per heavy atom. The van der Waals surface area contributed by atoms with Crippen LogP contribution in [0, 0.1) is 0 Å². The largest absolute Gasteiger partial charge is 0.485 e. The van der Waals surface area contributed by atoms with Crippen LogP contribution in [0.3, 0.4) is 0 Å². The van der Waals surface area contributed by atoms with Gasteiger partial charge in [0.2, 0.25) is 12.0 Å². The van der Waals surface area contributed by atoms with E-state index in [1.54, 1.807) is 0 Å². The molecule has 0 N–H and O–H groups in total. The zero-order chi connectivity index (χ0) is 14.9. The van der Waals surface area contributed by atoms with Gasteiger partial charge in [-0.15, -0.1) is 10.2 Å². The quantitative estimate of drug-likeness (QED) is 0.692. The van der Waals surface area contributed by atoms with Crippen LogP contribution in [0.25, 0.3) is 11.5 Å². The van der Waals surface area contributed by atoms with Gasteiger partial charge < -0.3 is 13.9 Å².